The number of nitrogens with two attached hydrogens (primary N) is 1. The summed E-state index contributed by atoms with van der Waals surface area (Å²) in [5, 5.41) is 0. The zero-order valence-electron chi connectivity index (χ0n) is 8.38. The smallest absolute Gasteiger partial charge is 0.235 e. The van der Waals surface area contributed by atoms with Crippen LogP contribution in [0.5, 0.6) is 0 Å². The van der Waals surface area contributed by atoms with Crippen LogP contribution in [0.25, 0.3) is 0 Å². The molecule has 0 saturated heterocycles. The van der Waals surface area contributed by atoms with Gasteiger partial charge in [0.2, 0.25) is 5.91 Å². The minimum Gasteiger partial charge on any atom is -0.385 e. The Morgan fingerprint density at radius 1 is 1.54 bits per heavy atom. The number of hydrogen-bond acceptors (Lipinski definition) is 4. The van der Waals surface area contributed by atoms with E-state index in [2.05, 4.69) is 10.3 Å². The zero-order valence-corrected chi connectivity index (χ0v) is 8.38. The van der Waals surface area contributed by atoms with Crippen molar-refractivity contribution in [3.63, 3.8) is 0 Å². The number of carbonyl (C=O) groups excluding carboxylic acids is 1. The number of amides is 1. The van der Waals surface area contributed by atoms with Crippen molar-refractivity contribution in [2.45, 2.75) is 12.8 Å². The molecular formula is C8H19N3O2. The Balaban J connectivity index is 3.29. The van der Waals surface area contributed by atoms with E-state index in [0.29, 0.717) is 6.42 Å². The van der Waals surface area contributed by atoms with E-state index < -0.39 is 0 Å². The van der Waals surface area contributed by atoms with Crippen LogP contribution in [0.1, 0.15) is 12.8 Å². The summed E-state index contributed by atoms with van der Waals surface area (Å²) in [6.45, 7) is 2.42. The molecule has 0 atom stereocenters. The molecular weight excluding hydrogens is 170 g/mol. The molecule has 0 saturated carbocycles. The molecule has 5 nitrogen and oxygen atoms in total. The third-order valence-corrected chi connectivity index (χ3v) is 1.77. The van der Waals surface area contributed by atoms with Crippen LogP contribution in [0, 0.1) is 0 Å². The number of carbonyl (C=O) groups is 1. The summed E-state index contributed by atoms with van der Waals surface area (Å²) in [7, 11) is 3.65. The van der Waals surface area contributed by atoms with Crippen LogP contribution in [0.3, 0.4) is 0 Å². The lowest BCUT2D eigenvalue weighted by Crippen LogP contribution is -2.33. The highest BCUT2D eigenvalue weighted by Gasteiger charge is 2.01. The Labute approximate surface area is 79.2 Å². The van der Waals surface area contributed by atoms with Crippen LogP contribution in [0.4, 0.5) is 0 Å². The van der Waals surface area contributed by atoms with E-state index in [1.807, 2.05) is 7.05 Å². The van der Waals surface area contributed by atoms with Gasteiger partial charge in [-0.3, -0.25) is 10.2 Å². The number of nitrogens with one attached hydrogen (secondary N) is 1. The van der Waals surface area contributed by atoms with Crippen molar-refractivity contribution in [2.75, 3.05) is 33.9 Å². The Bertz CT molecular complexity index is 141. The molecule has 0 aromatic carbocycles. The largest absolute Gasteiger partial charge is 0.385 e. The van der Waals surface area contributed by atoms with Gasteiger partial charge in [-0.05, 0) is 13.5 Å². The normalized spacial score (nSPS) is 10.5. The molecule has 0 spiro atoms. The monoisotopic (exact) mass is 189 g/mol. The van der Waals surface area contributed by atoms with Gasteiger partial charge in [0, 0.05) is 33.2 Å². The minimum atomic E-state index is -0.126. The second-order valence-electron chi connectivity index (χ2n) is 2.97. The molecule has 0 aliphatic carbocycles. The van der Waals surface area contributed by atoms with Crippen LogP contribution >= 0.6 is 0 Å². The molecule has 0 fully saturated rings. The number of hydrazine groups is 1. The number of ether oxygens (including phenoxy) is 1. The van der Waals surface area contributed by atoms with E-state index in [0.717, 1.165) is 26.1 Å². The fourth-order valence-corrected chi connectivity index (χ4v) is 0.955. The fourth-order valence-electron chi connectivity index (χ4n) is 0.955. The van der Waals surface area contributed by atoms with E-state index in [-0.39, 0.29) is 5.91 Å². The van der Waals surface area contributed by atoms with E-state index in [1.54, 1.807) is 7.11 Å². The summed E-state index contributed by atoms with van der Waals surface area (Å²) in [5.74, 6) is 4.82. The molecule has 1 amide bonds. The zero-order chi connectivity index (χ0) is 10.1. The molecule has 0 aromatic rings. The van der Waals surface area contributed by atoms with Crippen LogP contribution in [0.2, 0.25) is 0 Å². The lowest BCUT2D eigenvalue weighted by Gasteiger charge is -2.15. The van der Waals surface area contributed by atoms with Crippen molar-refractivity contribution in [3.8, 4) is 0 Å². The van der Waals surface area contributed by atoms with Gasteiger partial charge < -0.3 is 9.64 Å². The highest BCUT2D eigenvalue weighted by Crippen LogP contribution is 1.90. The Morgan fingerprint density at radius 3 is 2.77 bits per heavy atom. The maximum absolute atomic E-state index is 10.8. The molecule has 13 heavy (non-hydrogen) atoms. The van der Waals surface area contributed by atoms with Gasteiger partial charge in [-0.1, -0.05) is 0 Å². The van der Waals surface area contributed by atoms with E-state index >= 15 is 0 Å². The molecule has 3 N–H and O–H groups in total. The van der Waals surface area contributed by atoms with E-state index in [9.17, 15) is 4.79 Å². The maximum atomic E-state index is 10.8. The first kappa shape index (κ1) is 12.3. The first-order valence-corrected chi connectivity index (χ1v) is 4.37. The summed E-state index contributed by atoms with van der Waals surface area (Å²) < 4.78 is 4.91. The molecule has 0 unspecified atom stereocenters. The number of methoxy groups -OCH3 is 1. The molecule has 0 heterocycles. The molecule has 5 heteroatoms. The molecule has 0 bridgehead atoms. The van der Waals surface area contributed by atoms with E-state index in [1.165, 1.54) is 0 Å². The standard InChI is InChI=1S/C8H19N3O2/c1-11(5-3-7-13-2)6-4-8(12)10-9/h3-7,9H2,1-2H3,(H,10,12). The predicted molar refractivity (Wildman–Crippen MR) is 50.9 cm³/mol. The van der Waals surface area contributed by atoms with Gasteiger partial charge in [-0.2, -0.15) is 0 Å². The molecule has 0 rings (SSSR count). The van der Waals surface area contributed by atoms with Crippen molar-refractivity contribution in [1.29, 1.82) is 0 Å². The first-order chi connectivity index (χ1) is 6.20. The molecule has 0 aliphatic heterocycles. The summed E-state index contributed by atoms with van der Waals surface area (Å²) in [5.41, 5.74) is 2.10. The van der Waals surface area contributed by atoms with Gasteiger partial charge in [0.25, 0.3) is 0 Å². The van der Waals surface area contributed by atoms with Crippen LogP contribution < -0.4 is 11.3 Å². The summed E-state index contributed by atoms with van der Waals surface area (Å²) in [6.07, 6.45) is 1.43. The summed E-state index contributed by atoms with van der Waals surface area (Å²) in [6, 6.07) is 0. The van der Waals surface area contributed by atoms with Crippen LogP contribution in [-0.2, 0) is 9.53 Å². The molecule has 0 aliphatic rings. The number of nitrogens with zero attached hydrogens (tertiary/aromatic N) is 1. The lowest BCUT2D eigenvalue weighted by atomic mass is 10.3. The fraction of sp³-hybridized carbons (Fsp3) is 0.875. The number of hydrogen-bond donors (Lipinski definition) is 2. The predicted octanol–water partition coefficient (Wildman–Crippen LogP) is -0.665. The minimum absolute atomic E-state index is 0.126. The lowest BCUT2D eigenvalue weighted by molar-refractivity contribution is -0.121. The molecule has 78 valence electrons. The van der Waals surface area contributed by atoms with Crippen molar-refractivity contribution >= 4 is 5.91 Å². The van der Waals surface area contributed by atoms with Gasteiger partial charge in [-0.15, -0.1) is 0 Å². The maximum Gasteiger partial charge on any atom is 0.235 e. The second-order valence-corrected chi connectivity index (χ2v) is 2.97. The average molecular weight is 189 g/mol. The quantitative estimate of drug-likeness (QED) is 0.241. The highest BCUT2D eigenvalue weighted by atomic mass is 16.5. The van der Waals surface area contributed by atoms with Crippen molar-refractivity contribution in [2.24, 2.45) is 5.84 Å². The third-order valence-electron chi connectivity index (χ3n) is 1.77. The molecule has 0 aromatic heterocycles. The van der Waals surface area contributed by atoms with Gasteiger partial charge >= 0.3 is 0 Å². The summed E-state index contributed by atoms with van der Waals surface area (Å²) in [4.78, 5) is 12.8. The van der Waals surface area contributed by atoms with Gasteiger partial charge in [0.15, 0.2) is 0 Å². The Hall–Kier alpha value is -0.650. The highest BCUT2D eigenvalue weighted by molar-refractivity contribution is 5.75. The van der Waals surface area contributed by atoms with Crippen LogP contribution in [0.15, 0.2) is 0 Å². The Morgan fingerprint density at radius 2 is 2.23 bits per heavy atom. The number of rotatable bonds is 7. The summed E-state index contributed by atoms with van der Waals surface area (Å²) >= 11 is 0. The van der Waals surface area contributed by atoms with Gasteiger partial charge in [0.05, 0.1) is 0 Å². The van der Waals surface area contributed by atoms with E-state index in [4.69, 9.17) is 10.6 Å². The Kier molecular flexibility index (Phi) is 7.57. The second kappa shape index (κ2) is 7.97. The first-order valence-electron chi connectivity index (χ1n) is 4.37. The van der Waals surface area contributed by atoms with Gasteiger partial charge in [-0.25, -0.2) is 5.84 Å². The van der Waals surface area contributed by atoms with Crippen molar-refractivity contribution in [3.05, 3.63) is 0 Å². The third kappa shape index (κ3) is 7.70. The average Bonchev–Trinajstić information content (AvgIpc) is 2.14. The van der Waals surface area contributed by atoms with Gasteiger partial charge in [0.1, 0.15) is 0 Å². The SMILES string of the molecule is COCCCN(C)CCC(=O)NN. The molecule has 0 radical (unpaired) electrons. The van der Waals surface area contributed by atoms with Crippen molar-refractivity contribution < 1.29 is 9.53 Å². The van der Waals surface area contributed by atoms with Crippen molar-refractivity contribution in [1.82, 2.24) is 10.3 Å². The topological polar surface area (TPSA) is 67.6 Å². The van der Waals surface area contributed by atoms with Crippen LogP contribution in [-0.4, -0.2) is 44.7 Å².